The molecule has 15 heavy (non-hydrogen) atoms. The van der Waals surface area contributed by atoms with Crippen molar-refractivity contribution in [3.05, 3.63) is 47.5 Å². The third-order valence-electron chi connectivity index (χ3n) is 2.82. The average Bonchev–Trinajstić information content (AvgIpc) is 2.20. The van der Waals surface area contributed by atoms with E-state index in [1.54, 1.807) is 0 Å². The molecule has 1 heteroatoms. The molecule has 0 aliphatic rings. The van der Waals surface area contributed by atoms with Crippen molar-refractivity contribution in [2.45, 2.75) is 26.7 Å². The summed E-state index contributed by atoms with van der Waals surface area (Å²) < 4.78 is 0. The summed E-state index contributed by atoms with van der Waals surface area (Å²) in [6.07, 6.45) is 4.21. The summed E-state index contributed by atoms with van der Waals surface area (Å²) in [4.78, 5) is 0. The highest BCUT2D eigenvalue weighted by atomic mass is 35.5. The highest BCUT2D eigenvalue weighted by molar-refractivity contribution is 6.30. The van der Waals surface area contributed by atoms with E-state index in [9.17, 15) is 0 Å². The molecule has 1 unspecified atom stereocenters. The lowest BCUT2D eigenvalue weighted by atomic mass is 9.87. The molecule has 1 rings (SSSR count). The van der Waals surface area contributed by atoms with Crippen molar-refractivity contribution in [2.24, 2.45) is 11.8 Å². The summed E-state index contributed by atoms with van der Waals surface area (Å²) in [5.41, 5.74) is 1.36. The van der Waals surface area contributed by atoms with Crippen LogP contribution in [0.3, 0.4) is 0 Å². The molecule has 0 bridgehead atoms. The molecular weight excluding hydrogens is 204 g/mol. The number of hydrogen-bond acceptors (Lipinski definition) is 0. The van der Waals surface area contributed by atoms with Gasteiger partial charge in [-0.2, -0.15) is 0 Å². The van der Waals surface area contributed by atoms with Crippen LogP contribution in [0, 0.1) is 11.8 Å². The quantitative estimate of drug-likeness (QED) is 0.632. The second-order valence-electron chi connectivity index (χ2n) is 4.36. The zero-order valence-corrected chi connectivity index (χ0v) is 10.3. The first-order valence-electron chi connectivity index (χ1n) is 5.48. The first-order valence-corrected chi connectivity index (χ1v) is 5.86. The topological polar surface area (TPSA) is 0 Å². The summed E-state index contributed by atoms with van der Waals surface area (Å²) in [5.74, 6) is 1.38. The maximum Gasteiger partial charge on any atom is 0.0406 e. The Morgan fingerprint density at radius 3 is 2.33 bits per heavy atom. The molecule has 1 aromatic carbocycles. The number of hydrogen-bond donors (Lipinski definition) is 0. The largest absolute Gasteiger partial charge is 0.103 e. The molecule has 1 aromatic rings. The van der Waals surface area contributed by atoms with E-state index < -0.39 is 0 Å². The minimum Gasteiger partial charge on any atom is -0.103 e. The molecule has 0 saturated heterocycles. The van der Waals surface area contributed by atoms with E-state index in [2.05, 4.69) is 32.6 Å². The van der Waals surface area contributed by atoms with Crippen molar-refractivity contribution >= 4 is 11.6 Å². The predicted octanol–water partition coefficient (Wildman–Crippen LogP) is 4.73. The van der Waals surface area contributed by atoms with Crippen molar-refractivity contribution in [3.8, 4) is 0 Å². The Kier molecular flexibility index (Phi) is 4.90. The number of rotatable bonds is 5. The van der Waals surface area contributed by atoms with Gasteiger partial charge in [-0.25, -0.2) is 0 Å². The fourth-order valence-electron chi connectivity index (χ4n) is 1.73. The van der Waals surface area contributed by atoms with E-state index >= 15 is 0 Å². The van der Waals surface area contributed by atoms with Gasteiger partial charge in [0.05, 0.1) is 0 Å². The van der Waals surface area contributed by atoms with Crippen molar-refractivity contribution in [1.29, 1.82) is 0 Å². The Morgan fingerprint density at radius 2 is 1.87 bits per heavy atom. The van der Waals surface area contributed by atoms with E-state index in [4.69, 9.17) is 11.6 Å². The van der Waals surface area contributed by atoms with Gasteiger partial charge in [-0.3, -0.25) is 0 Å². The molecule has 0 heterocycles. The van der Waals surface area contributed by atoms with Gasteiger partial charge in [0.1, 0.15) is 0 Å². The zero-order chi connectivity index (χ0) is 11.3. The van der Waals surface area contributed by atoms with Crippen LogP contribution in [0.15, 0.2) is 36.9 Å². The second kappa shape index (κ2) is 5.97. The summed E-state index contributed by atoms with van der Waals surface area (Å²) in [5, 5.41) is 0.809. The summed E-state index contributed by atoms with van der Waals surface area (Å²) >= 11 is 5.86. The van der Waals surface area contributed by atoms with Gasteiger partial charge in [0.2, 0.25) is 0 Å². The third-order valence-corrected chi connectivity index (χ3v) is 3.08. The van der Waals surface area contributed by atoms with Crippen LogP contribution >= 0.6 is 11.6 Å². The third kappa shape index (κ3) is 4.09. The van der Waals surface area contributed by atoms with Crippen molar-refractivity contribution in [2.75, 3.05) is 0 Å². The van der Waals surface area contributed by atoms with Crippen LogP contribution in [-0.2, 0) is 6.42 Å². The number of benzene rings is 1. The minimum atomic E-state index is 0.684. The van der Waals surface area contributed by atoms with E-state index in [1.165, 1.54) is 5.56 Å². The van der Waals surface area contributed by atoms with Gasteiger partial charge >= 0.3 is 0 Å². The summed E-state index contributed by atoms with van der Waals surface area (Å²) in [6.45, 7) is 8.35. The van der Waals surface area contributed by atoms with Gasteiger partial charge in [-0.15, -0.1) is 6.58 Å². The lowest BCUT2D eigenvalue weighted by molar-refractivity contribution is 0.386. The van der Waals surface area contributed by atoms with Crippen LogP contribution in [0.4, 0.5) is 0 Å². The van der Waals surface area contributed by atoms with Gasteiger partial charge in [-0.1, -0.05) is 43.7 Å². The van der Waals surface area contributed by atoms with Gasteiger partial charge < -0.3 is 0 Å². The van der Waals surface area contributed by atoms with Crippen LogP contribution in [0.25, 0.3) is 0 Å². The number of halogens is 1. The highest BCUT2D eigenvalue weighted by Gasteiger charge is 2.12. The van der Waals surface area contributed by atoms with Crippen LogP contribution < -0.4 is 0 Å². The van der Waals surface area contributed by atoms with Crippen LogP contribution in [0.1, 0.15) is 25.8 Å². The van der Waals surface area contributed by atoms with Crippen molar-refractivity contribution in [3.63, 3.8) is 0 Å². The van der Waals surface area contributed by atoms with Crippen molar-refractivity contribution in [1.82, 2.24) is 0 Å². The van der Waals surface area contributed by atoms with Crippen LogP contribution in [-0.4, -0.2) is 0 Å². The Bertz CT molecular complexity index is 298. The van der Waals surface area contributed by atoms with Crippen molar-refractivity contribution < 1.29 is 0 Å². The van der Waals surface area contributed by atoms with Crippen LogP contribution in [0.2, 0.25) is 5.02 Å². The minimum absolute atomic E-state index is 0.684. The van der Waals surface area contributed by atoms with E-state index in [0.29, 0.717) is 11.8 Å². The fourth-order valence-corrected chi connectivity index (χ4v) is 1.85. The Labute approximate surface area is 98.0 Å². The summed E-state index contributed by atoms with van der Waals surface area (Å²) in [6, 6.07) is 8.14. The SMILES string of the molecule is C=CCC(Cc1ccc(Cl)cc1)C(C)C. The lowest BCUT2D eigenvalue weighted by Crippen LogP contribution is -2.10. The molecule has 0 spiro atoms. The first-order chi connectivity index (χ1) is 7.13. The van der Waals surface area contributed by atoms with Gasteiger partial charge in [0, 0.05) is 5.02 Å². The van der Waals surface area contributed by atoms with Gasteiger partial charge in [-0.05, 0) is 42.4 Å². The Balaban J connectivity index is 2.65. The fraction of sp³-hybridized carbons (Fsp3) is 0.429. The molecule has 0 aliphatic carbocycles. The van der Waals surface area contributed by atoms with E-state index in [-0.39, 0.29) is 0 Å². The molecule has 82 valence electrons. The molecule has 0 saturated carbocycles. The van der Waals surface area contributed by atoms with E-state index in [0.717, 1.165) is 17.9 Å². The second-order valence-corrected chi connectivity index (χ2v) is 4.80. The zero-order valence-electron chi connectivity index (χ0n) is 9.54. The summed E-state index contributed by atoms with van der Waals surface area (Å²) in [7, 11) is 0. The molecule has 0 radical (unpaired) electrons. The molecule has 1 atom stereocenters. The molecule has 0 fully saturated rings. The normalized spacial score (nSPS) is 12.8. The van der Waals surface area contributed by atoms with Gasteiger partial charge in [0.15, 0.2) is 0 Å². The molecule has 0 aliphatic heterocycles. The predicted molar refractivity (Wildman–Crippen MR) is 68.3 cm³/mol. The van der Waals surface area contributed by atoms with E-state index in [1.807, 2.05) is 18.2 Å². The highest BCUT2D eigenvalue weighted by Crippen LogP contribution is 2.22. The Hall–Kier alpha value is -0.750. The molecule has 0 amide bonds. The lowest BCUT2D eigenvalue weighted by Gasteiger charge is -2.19. The maximum absolute atomic E-state index is 5.86. The average molecular weight is 223 g/mol. The molecular formula is C14H19Cl. The molecule has 0 nitrogen and oxygen atoms in total. The molecule has 0 aromatic heterocycles. The molecule has 0 N–H and O–H groups in total. The monoisotopic (exact) mass is 222 g/mol. The van der Waals surface area contributed by atoms with Crippen LogP contribution in [0.5, 0.6) is 0 Å². The number of allylic oxidation sites excluding steroid dienone is 1. The Morgan fingerprint density at radius 1 is 1.27 bits per heavy atom. The smallest absolute Gasteiger partial charge is 0.0406 e. The van der Waals surface area contributed by atoms with Gasteiger partial charge in [0.25, 0.3) is 0 Å². The maximum atomic E-state index is 5.86. The first kappa shape index (κ1) is 12.3. The standard InChI is InChI=1S/C14H19Cl/c1-4-5-13(11(2)3)10-12-6-8-14(15)9-7-12/h4,6-9,11,13H,1,5,10H2,2-3H3.